The van der Waals surface area contributed by atoms with Gasteiger partial charge in [-0.2, -0.15) is 0 Å². The number of hydrogen-bond acceptors (Lipinski definition) is 8. The first kappa shape index (κ1) is 29.8. The van der Waals surface area contributed by atoms with Gasteiger partial charge in [0, 0.05) is 10.6 Å². The molecule has 0 saturated carbocycles. The van der Waals surface area contributed by atoms with E-state index in [0.717, 1.165) is 0 Å². The lowest BCUT2D eigenvalue weighted by molar-refractivity contribution is 0.0469. The predicted octanol–water partition coefficient (Wildman–Crippen LogP) is 7.35. The van der Waals surface area contributed by atoms with Crippen molar-refractivity contribution in [3.8, 4) is 17.2 Å². The summed E-state index contributed by atoms with van der Waals surface area (Å²) in [7, 11) is 0. The number of esters is 4. The van der Waals surface area contributed by atoms with Gasteiger partial charge in [0.25, 0.3) is 0 Å². The third kappa shape index (κ3) is 7.36. The number of hydrogen-bond donors (Lipinski definition) is 0. The minimum Gasteiger partial charge on any atom is -0.457 e. The van der Waals surface area contributed by atoms with Crippen LogP contribution < -0.4 is 14.2 Å². The molecule has 0 saturated heterocycles. The molecule has 0 aliphatic carbocycles. The van der Waals surface area contributed by atoms with E-state index in [4.69, 9.17) is 30.5 Å². The summed E-state index contributed by atoms with van der Waals surface area (Å²) in [6.07, 6.45) is 0. The van der Waals surface area contributed by atoms with Gasteiger partial charge in [0.1, 0.15) is 6.61 Å². The molecule has 0 aromatic heterocycles. The first-order valence-corrected chi connectivity index (χ1v) is 13.7. The number of carbonyl (C=O) groups excluding carboxylic acids is 4. The van der Waals surface area contributed by atoms with Crippen molar-refractivity contribution >= 4 is 35.5 Å². The number of ether oxygens (including phenoxy) is 4. The largest absolute Gasteiger partial charge is 0.457 e. The van der Waals surface area contributed by atoms with E-state index in [9.17, 15) is 19.2 Å². The molecule has 0 spiro atoms. The Morgan fingerprint density at radius 2 is 0.886 bits per heavy atom. The van der Waals surface area contributed by atoms with Crippen LogP contribution in [-0.2, 0) is 11.3 Å². The Hall–Kier alpha value is -5.73. The Balaban J connectivity index is 1.57. The van der Waals surface area contributed by atoms with Crippen LogP contribution in [0.2, 0.25) is 5.02 Å². The first-order chi connectivity index (χ1) is 21.4. The summed E-state index contributed by atoms with van der Waals surface area (Å²) in [4.78, 5) is 52.6. The SMILES string of the molecule is O=C(OCc1ccccc1Cl)c1cc(OC(=O)c2ccccc2)c(OC(=O)c2ccccc2)c(OC(=O)c2ccccc2)c1. The molecule has 218 valence electrons. The average molecular weight is 607 g/mol. The van der Waals surface area contributed by atoms with Crippen molar-refractivity contribution in [3.63, 3.8) is 0 Å². The molecule has 0 aliphatic heterocycles. The van der Waals surface area contributed by atoms with Crippen LogP contribution in [0.4, 0.5) is 0 Å². The van der Waals surface area contributed by atoms with E-state index in [1.165, 1.54) is 48.5 Å². The van der Waals surface area contributed by atoms with Crippen molar-refractivity contribution in [2.75, 3.05) is 0 Å². The summed E-state index contributed by atoms with van der Waals surface area (Å²) in [5.74, 6) is -4.41. The third-order valence-electron chi connectivity index (χ3n) is 6.20. The molecule has 5 aromatic carbocycles. The van der Waals surface area contributed by atoms with E-state index >= 15 is 0 Å². The minimum absolute atomic E-state index is 0.150. The molecule has 0 N–H and O–H groups in total. The van der Waals surface area contributed by atoms with Crippen molar-refractivity contribution in [2.24, 2.45) is 0 Å². The maximum Gasteiger partial charge on any atom is 0.343 e. The monoisotopic (exact) mass is 606 g/mol. The molecule has 44 heavy (non-hydrogen) atoms. The Morgan fingerprint density at radius 1 is 0.477 bits per heavy atom. The molecule has 0 bridgehead atoms. The van der Waals surface area contributed by atoms with Crippen LogP contribution in [0.5, 0.6) is 17.2 Å². The van der Waals surface area contributed by atoms with Crippen molar-refractivity contribution in [1.82, 2.24) is 0 Å². The second-order valence-corrected chi connectivity index (χ2v) is 9.64. The number of rotatable bonds is 9. The number of carbonyl (C=O) groups is 4. The third-order valence-corrected chi connectivity index (χ3v) is 6.57. The van der Waals surface area contributed by atoms with Gasteiger partial charge in [-0.15, -0.1) is 0 Å². The normalized spacial score (nSPS) is 10.4. The summed E-state index contributed by atoms with van der Waals surface area (Å²) < 4.78 is 22.4. The fourth-order valence-electron chi connectivity index (χ4n) is 3.98. The second kappa shape index (κ2) is 14.0. The van der Waals surface area contributed by atoms with Gasteiger partial charge in [-0.1, -0.05) is 84.4 Å². The Labute approximate surface area is 257 Å². The van der Waals surface area contributed by atoms with Crippen LogP contribution >= 0.6 is 11.6 Å². The van der Waals surface area contributed by atoms with E-state index in [-0.39, 0.29) is 40.4 Å². The molecular weight excluding hydrogens is 584 g/mol. The summed E-state index contributed by atoms with van der Waals surface area (Å²) in [5.41, 5.74) is 0.951. The maximum atomic E-state index is 13.2. The highest BCUT2D eigenvalue weighted by molar-refractivity contribution is 6.31. The van der Waals surface area contributed by atoms with Crippen LogP contribution in [0.15, 0.2) is 127 Å². The average Bonchev–Trinajstić information content (AvgIpc) is 3.06. The number of benzene rings is 5. The maximum absolute atomic E-state index is 13.2. The van der Waals surface area contributed by atoms with Gasteiger partial charge in [0.15, 0.2) is 11.5 Å². The molecule has 0 unspecified atom stereocenters. The van der Waals surface area contributed by atoms with Crippen molar-refractivity contribution in [3.05, 3.63) is 160 Å². The van der Waals surface area contributed by atoms with Gasteiger partial charge in [0.05, 0.1) is 22.3 Å². The van der Waals surface area contributed by atoms with Gasteiger partial charge >= 0.3 is 23.9 Å². The van der Waals surface area contributed by atoms with Crippen molar-refractivity contribution < 1.29 is 38.1 Å². The summed E-state index contributed by atoms with van der Waals surface area (Å²) >= 11 is 6.20. The molecule has 5 aromatic rings. The van der Waals surface area contributed by atoms with Crippen LogP contribution in [0.1, 0.15) is 47.0 Å². The summed E-state index contributed by atoms with van der Waals surface area (Å²) in [6.45, 7) is -0.165. The first-order valence-electron chi connectivity index (χ1n) is 13.3. The van der Waals surface area contributed by atoms with Gasteiger partial charge in [0.2, 0.25) is 5.75 Å². The molecule has 9 heteroatoms. The lowest BCUT2D eigenvalue weighted by atomic mass is 10.1. The summed E-state index contributed by atoms with van der Waals surface area (Å²) in [5, 5.41) is 0.401. The molecule has 0 radical (unpaired) electrons. The lowest BCUT2D eigenvalue weighted by Gasteiger charge is -2.16. The molecule has 8 nitrogen and oxygen atoms in total. The topological polar surface area (TPSA) is 105 Å². The standard InChI is InChI=1S/C35H23ClO8/c36-28-19-11-10-18-26(28)22-41-32(37)27-20-29(42-33(38)23-12-4-1-5-13-23)31(44-35(40)25-16-8-3-9-17-25)30(21-27)43-34(39)24-14-6-2-7-15-24/h1-21H,22H2. The highest BCUT2D eigenvalue weighted by Gasteiger charge is 2.26. The Kier molecular flexibility index (Phi) is 9.44. The smallest absolute Gasteiger partial charge is 0.343 e. The second-order valence-electron chi connectivity index (χ2n) is 9.24. The molecule has 0 amide bonds. The van der Waals surface area contributed by atoms with Crippen LogP contribution in [0.3, 0.4) is 0 Å². The van der Waals surface area contributed by atoms with Gasteiger partial charge in [-0.25, -0.2) is 19.2 Å². The fraction of sp³-hybridized carbons (Fsp3) is 0.0286. The van der Waals surface area contributed by atoms with Gasteiger partial charge in [-0.05, 0) is 54.6 Å². The lowest BCUT2D eigenvalue weighted by Crippen LogP contribution is -2.16. The van der Waals surface area contributed by atoms with Crippen molar-refractivity contribution in [2.45, 2.75) is 6.61 Å². The van der Waals surface area contributed by atoms with Crippen LogP contribution in [0.25, 0.3) is 0 Å². The van der Waals surface area contributed by atoms with Gasteiger partial charge < -0.3 is 18.9 Å². The minimum atomic E-state index is -0.847. The summed E-state index contributed by atoms with van der Waals surface area (Å²) in [6, 6.07) is 33.3. The van der Waals surface area contributed by atoms with E-state index in [1.807, 2.05) is 0 Å². The Bertz CT molecular complexity index is 1730. The van der Waals surface area contributed by atoms with E-state index in [2.05, 4.69) is 0 Å². The zero-order valence-corrected chi connectivity index (χ0v) is 23.7. The molecule has 0 aliphatic rings. The zero-order chi connectivity index (χ0) is 30.9. The van der Waals surface area contributed by atoms with E-state index in [0.29, 0.717) is 10.6 Å². The predicted molar refractivity (Wildman–Crippen MR) is 161 cm³/mol. The fourth-order valence-corrected chi connectivity index (χ4v) is 4.17. The van der Waals surface area contributed by atoms with E-state index in [1.54, 1.807) is 78.9 Å². The molecule has 5 rings (SSSR count). The highest BCUT2D eigenvalue weighted by atomic mass is 35.5. The van der Waals surface area contributed by atoms with Crippen LogP contribution in [-0.4, -0.2) is 23.9 Å². The molecule has 0 atom stereocenters. The zero-order valence-electron chi connectivity index (χ0n) is 23.0. The molecule has 0 fully saturated rings. The van der Waals surface area contributed by atoms with Crippen molar-refractivity contribution in [1.29, 1.82) is 0 Å². The highest BCUT2D eigenvalue weighted by Crippen LogP contribution is 2.41. The van der Waals surface area contributed by atoms with Crippen LogP contribution in [0, 0.1) is 0 Å². The molecule has 0 heterocycles. The van der Waals surface area contributed by atoms with Gasteiger partial charge in [-0.3, -0.25) is 0 Å². The Morgan fingerprint density at radius 3 is 1.34 bits per heavy atom. The quantitative estimate of drug-likeness (QED) is 0.127. The number of halogens is 1. The molecular formula is C35H23ClO8. The van der Waals surface area contributed by atoms with E-state index < -0.39 is 29.6 Å².